The molecule has 0 bridgehead atoms. The molecule has 0 spiro atoms. The van der Waals surface area contributed by atoms with Gasteiger partial charge in [-0.05, 0) is 81.9 Å². The smallest absolute Gasteiger partial charge is 0.0548 e. The van der Waals surface area contributed by atoms with Crippen molar-refractivity contribution in [2.24, 2.45) is 0 Å². The standard InChI is InChI=1S/C48H32N2/c1-3-15-33(16-4-1)35-19-13-21-37(29-35)49-45-27-11-9-25-41(45)43-32-48-44(31-47(43)49)42-26-10-12-28-46(42)50(48)38-22-14-20-36(30-38)40-24-8-7-23-39(40)34-17-5-2-6-18-34/h1-32H. The van der Waals surface area contributed by atoms with Gasteiger partial charge in [0, 0.05) is 32.9 Å². The number of benzene rings is 8. The summed E-state index contributed by atoms with van der Waals surface area (Å²) in [6, 6.07) is 70.4. The molecule has 0 amide bonds. The second-order valence-electron chi connectivity index (χ2n) is 13.0. The molecular weight excluding hydrogens is 605 g/mol. The van der Waals surface area contributed by atoms with Gasteiger partial charge in [-0.2, -0.15) is 0 Å². The molecule has 0 N–H and O–H groups in total. The second kappa shape index (κ2) is 11.5. The number of hydrogen-bond donors (Lipinski definition) is 0. The Morgan fingerprint density at radius 1 is 0.240 bits per heavy atom. The topological polar surface area (TPSA) is 9.86 Å². The van der Waals surface area contributed by atoms with Crippen LogP contribution >= 0.6 is 0 Å². The maximum atomic E-state index is 2.45. The lowest BCUT2D eigenvalue weighted by molar-refractivity contribution is 1.17. The van der Waals surface area contributed by atoms with E-state index in [2.05, 4.69) is 203 Å². The quantitative estimate of drug-likeness (QED) is 0.178. The van der Waals surface area contributed by atoms with Gasteiger partial charge in [-0.3, -0.25) is 0 Å². The van der Waals surface area contributed by atoms with Crippen LogP contribution in [0.15, 0.2) is 194 Å². The zero-order valence-corrected chi connectivity index (χ0v) is 27.4. The zero-order chi connectivity index (χ0) is 33.0. The van der Waals surface area contributed by atoms with E-state index < -0.39 is 0 Å². The van der Waals surface area contributed by atoms with Crippen LogP contribution in [0.25, 0.3) is 88.4 Å². The fourth-order valence-electron chi connectivity index (χ4n) is 7.86. The van der Waals surface area contributed by atoms with E-state index in [-0.39, 0.29) is 0 Å². The molecule has 10 aromatic rings. The van der Waals surface area contributed by atoms with Crippen LogP contribution in [0.3, 0.4) is 0 Å². The fourth-order valence-corrected chi connectivity index (χ4v) is 7.86. The Bertz CT molecular complexity index is 2860. The number of para-hydroxylation sites is 2. The molecule has 0 aliphatic heterocycles. The Labute approximate surface area is 290 Å². The summed E-state index contributed by atoms with van der Waals surface area (Å²) in [5.74, 6) is 0. The zero-order valence-electron chi connectivity index (χ0n) is 27.4. The van der Waals surface area contributed by atoms with E-state index in [9.17, 15) is 0 Å². The van der Waals surface area contributed by atoms with Gasteiger partial charge in [0.1, 0.15) is 0 Å². The molecule has 0 saturated heterocycles. The molecule has 234 valence electrons. The number of nitrogens with zero attached hydrogens (tertiary/aromatic N) is 2. The highest BCUT2D eigenvalue weighted by atomic mass is 15.0. The number of fused-ring (bicyclic) bond motifs is 6. The minimum Gasteiger partial charge on any atom is -0.309 e. The largest absolute Gasteiger partial charge is 0.309 e. The Kier molecular flexibility index (Phi) is 6.53. The van der Waals surface area contributed by atoms with Crippen molar-refractivity contribution in [3.05, 3.63) is 194 Å². The van der Waals surface area contributed by atoms with Crippen molar-refractivity contribution in [1.82, 2.24) is 9.13 Å². The summed E-state index contributed by atoms with van der Waals surface area (Å²) < 4.78 is 4.88. The highest BCUT2D eigenvalue weighted by Crippen LogP contribution is 2.41. The molecule has 0 atom stereocenters. The number of rotatable bonds is 5. The Balaban J connectivity index is 1.22. The van der Waals surface area contributed by atoms with Gasteiger partial charge in [0.15, 0.2) is 0 Å². The van der Waals surface area contributed by atoms with Crippen molar-refractivity contribution in [3.63, 3.8) is 0 Å². The van der Waals surface area contributed by atoms with Crippen LogP contribution in [-0.2, 0) is 0 Å². The van der Waals surface area contributed by atoms with Gasteiger partial charge in [-0.15, -0.1) is 0 Å². The van der Waals surface area contributed by atoms with Gasteiger partial charge in [-0.1, -0.05) is 146 Å². The molecule has 0 aliphatic rings. The van der Waals surface area contributed by atoms with E-state index >= 15 is 0 Å². The third-order valence-electron chi connectivity index (χ3n) is 10.1. The van der Waals surface area contributed by atoms with Crippen LogP contribution in [0.5, 0.6) is 0 Å². The molecule has 2 nitrogen and oxygen atoms in total. The van der Waals surface area contributed by atoms with Crippen molar-refractivity contribution in [2.75, 3.05) is 0 Å². The molecule has 0 saturated carbocycles. The molecule has 0 aliphatic carbocycles. The monoisotopic (exact) mass is 636 g/mol. The SMILES string of the molecule is c1ccc(-c2cccc(-n3c4ccccc4c4cc5c(cc43)c3ccccc3n5-c3cccc(-c4ccccc4-c4ccccc4)c3)c2)cc1. The highest BCUT2D eigenvalue weighted by molar-refractivity contribution is 6.19. The fraction of sp³-hybridized carbons (Fsp3) is 0. The first-order valence-corrected chi connectivity index (χ1v) is 17.2. The molecule has 2 aromatic heterocycles. The van der Waals surface area contributed by atoms with Crippen LogP contribution in [-0.4, -0.2) is 9.13 Å². The van der Waals surface area contributed by atoms with E-state index in [1.165, 1.54) is 77.0 Å². The maximum Gasteiger partial charge on any atom is 0.0548 e. The Morgan fingerprint density at radius 2 is 0.660 bits per heavy atom. The van der Waals surface area contributed by atoms with Crippen molar-refractivity contribution in [2.45, 2.75) is 0 Å². The van der Waals surface area contributed by atoms with Crippen LogP contribution in [0.2, 0.25) is 0 Å². The third kappa shape index (κ3) is 4.50. The van der Waals surface area contributed by atoms with Crippen LogP contribution in [0, 0.1) is 0 Å². The first kappa shape index (κ1) is 28.4. The predicted octanol–water partition coefficient (Wildman–Crippen LogP) is 12.9. The predicted molar refractivity (Wildman–Crippen MR) is 211 cm³/mol. The van der Waals surface area contributed by atoms with E-state index in [0.29, 0.717) is 0 Å². The van der Waals surface area contributed by atoms with Gasteiger partial charge >= 0.3 is 0 Å². The number of hydrogen-bond acceptors (Lipinski definition) is 0. The summed E-state index contributed by atoms with van der Waals surface area (Å²) >= 11 is 0. The summed E-state index contributed by atoms with van der Waals surface area (Å²) in [7, 11) is 0. The van der Waals surface area contributed by atoms with E-state index in [0.717, 1.165) is 11.4 Å². The molecule has 0 unspecified atom stereocenters. The highest BCUT2D eigenvalue weighted by Gasteiger charge is 2.19. The lowest BCUT2D eigenvalue weighted by Crippen LogP contribution is -1.95. The normalized spacial score (nSPS) is 11.6. The summed E-state index contributed by atoms with van der Waals surface area (Å²) in [5.41, 5.74) is 14.4. The molecule has 0 radical (unpaired) electrons. The molecule has 50 heavy (non-hydrogen) atoms. The Hall–Kier alpha value is -6.64. The average Bonchev–Trinajstić information content (AvgIpc) is 3.70. The molecular formula is C48H32N2. The third-order valence-corrected chi connectivity index (χ3v) is 10.1. The Morgan fingerprint density at radius 3 is 1.24 bits per heavy atom. The van der Waals surface area contributed by atoms with Gasteiger partial charge in [-0.25, -0.2) is 0 Å². The van der Waals surface area contributed by atoms with Gasteiger partial charge in [0.25, 0.3) is 0 Å². The van der Waals surface area contributed by atoms with Gasteiger partial charge in [0.05, 0.1) is 22.1 Å². The lowest BCUT2D eigenvalue weighted by atomic mass is 9.94. The molecule has 2 heterocycles. The van der Waals surface area contributed by atoms with Gasteiger partial charge in [0.2, 0.25) is 0 Å². The van der Waals surface area contributed by atoms with Crippen LogP contribution in [0.4, 0.5) is 0 Å². The lowest BCUT2D eigenvalue weighted by Gasteiger charge is -2.13. The van der Waals surface area contributed by atoms with Crippen LogP contribution in [0.1, 0.15) is 0 Å². The molecule has 8 aromatic carbocycles. The number of aromatic nitrogens is 2. The van der Waals surface area contributed by atoms with Crippen molar-refractivity contribution in [3.8, 4) is 44.8 Å². The van der Waals surface area contributed by atoms with Gasteiger partial charge < -0.3 is 9.13 Å². The minimum absolute atomic E-state index is 1.15. The van der Waals surface area contributed by atoms with Crippen LogP contribution < -0.4 is 0 Å². The summed E-state index contributed by atoms with van der Waals surface area (Å²) in [5, 5.41) is 4.98. The molecule has 0 fully saturated rings. The summed E-state index contributed by atoms with van der Waals surface area (Å²) in [6.07, 6.45) is 0. The maximum absolute atomic E-state index is 2.45. The summed E-state index contributed by atoms with van der Waals surface area (Å²) in [4.78, 5) is 0. The van der Waals surface area contributed by atoms with E-state index in [1.54, 1.807) is 0 Å². The summed E-state index contributed by atoms with van der Waals surface area (Å²) in [6.45, 7) is 0. The van der Waals surface area contributed by atoms with Crippen molar-refractivity contribution >= 4 is 43.6 Å². The molecule has 10 rings (SSSR count). The van der Waals surface area contributed by atoms with Crippen molar-refractivity contribution in [1.29, 1.82) is 0 Å². The second-order valence-corrected chi connectivity index (χ2v) is 13.0. The first-order chi connectivity index (χ1) is 24.8. The van der Waals surface area contributed by atoms with Crippen molar-refractivity contribution < 1.29 is 0 Å². The van der Waals surface area contributed by atoms with E-state index in [1.807, 2.05) is 0 Å². The first-order valence-electron chi connectivity index (χ1n) is 17.2. The minimum atomic E-state index is 1.15. The van der Waals surface area contributed by atoms with E-state index in [4.69, 9.17) is 0 Å². The average molecular weight is 637 g/mol. The molecule has 2 heteroatoms.